The number of hydrogen-bond donors (Lipinski definition) is 4. The lowest BCUT2D eigenvalue weighted by Crippen LogP contribution is -2.54. The molecule has 1 unspecified atom stereocenters. The Bertz CT molecular complexity index is 2400. The van der Waals surface area contributed by atoms with Crippen LogP contribution in [0.3, 0.4) is 0 Å². The molecule has 8 atom stereocenters. The number of likely N-dealkylation sites (tertiary alicyclic amines) is 2. The van der Waals surface area contributed by atoms with Gasteiger partial charge in [-0.25, -0.2) is 14.8 Å². The molecule has 16 heteroatoms. The number of methoxy groups -OCH3 is 2. The normalized spacial score (nSPS) is 24.5. The van der Waals surface area contributed by atoms with Gasteiger partial charge in [-0.05, 0) is 123 Å². The van der Waals surface area contributed by atoms with Crippen LogP contribution in [0.1, 0.15) is 101 Å². The van der Waals surface area contributed by atoms with Crippen molar-refractivity contribution < 1.29 is 38.1 Å². The van der Waals surface area contributed by atoms with Crippen LogP contribution in [0, 0.1) is 49.4 Å². The Morgan fingerprint density at radius 1 is 0.648 bits per heavy atom. The first-order chi connectivity index (χ1) is 34.8. The van der Waals surface area contributed by atoms with Gasteiger partial charge in [-0.2, -0.15) is 0 Å². The minimum atomic E-state index is -0.681. The van der Waals surface area contributed by atoms with Crippen LogP contribution in [-0.2, 0) is 33.3 Å². The molecular weight excluding hydrogens is 901 g/mol. The number of nitrogens with zero attached hydrogens (tertiary/aromatic N) is 4. The second kappa shape index (κ2) is 25.1. The van der Waals surface area contributed by atoms with Crippen LogP contribution in [0.5, 0.6) is 0 Å². The molecule has 0 spiro atoms. The van der Waals surface area contributed by atoms with Crippen LogP contribution in [0.4, 0.5) is 4.79 Å². The standard InChI is InChI=1S/C49H60N8O7.C2H6O.2C2H2/c1-62-49(61)55-44(36-19-23-64-42(25-36)34-16-17-34)48(60)57-21-3-5-40(57)46-51-27-38(54-46)32-12-8-30(9-13-32)29-6-10-31(11-7-29)37-26-50-45(53-37)39-4-2-20-56(39)47(59)43(52-28-58)35-18-22-63-41(24-35)33-14-15-33;1-3-2;2*1-2/h6-13,26-28,33-36,39-44H,2-5,14-25H2,1H3,(H,50,53)(H,51,54)(H,52,58)(H,55,61);1-2H3;2*1-2H/t35-,36-,39+,40+,41-,42?,43+,44+;;;/m1.../s1. The van der Waals surface area contributed by atoms with Crippen LogP contribution in [0.25, 0.3) is 33.6 Å². The highest BCUT2D eigenvalue weighted by Gasteiger charge is 2.45. The highest BCUT2D eigenvalue weighted by Crippen LogP contribution is 2.43. The molecule has 0 radical (unpaired) electrons. The number of nitrogens with one attached hydrogen (secondary N) is 4. The van der Waals surface area contributed by atoms with E-state index in [0.717, 1.165) is 103 Å². The fraction of sp³-hybridized carbons (Fsp3) is 0.527. The first-order valence-electron chi connectivity index (χ1n) is 25.0. The fourth-order valence-corrected chi connectivity index (χ4v) is 10.9. The minimum absolute atomic E-state index is 0.0199. The lowest BCUT2D eigenvalue weighted by atomic mass is 9.86. The summed E-state index contributed by atoms with van der Waals surface area (Å²) in [4.78, 5) is 72.9. The van der Waals surface area contributed by atoms with Crippen molar-refractivity contribution in [3.8, 4) is 59.3 Å². The summed E-state index contributed by atoms with van der Waals surface area (Å²) < 4.78 is 21.3. The van der Waals surface area contributed by atoms with E-state index in [0.29, 0.717) is 51.0 Å². The first kappa shape index (κ1) is 52.4. The highest BCUT2D eigenvalue weighted by molar-refractivity contribution is 5.87. The number of carbonyl (C=O) groups is 4. The van der Waals surface area contributed by atoms with Gasteiger partial charge in [0.05, 0.1) is 55.2 Å². The molecule has 4 aliphatic heterocycles. The number of carbonyl (C=O) groups excluding carboxylic acids is 4. The molecule has 378 valence electrons. The second-order valence-corrected chi connectivity index (χ2v) is 19.2. The monoisotopic (exact) mass is 971 g/mol. The Hall–Kier alpha value is -6.46. The minimum Gasteiger partial charge on any atom is -0.453 e. The molecule has 4 N–H and O–H groups in total. The number of imidazole rings is 2. The molecule has 4 amide bonds. The summed E-state index contributed by atoms with van der Waals surface area (Å²) in [5.41, 5.74) is 5.88. The van der Waals surface area contributed by atoms with E-state index in [2.05, 4.69) is 99.6 Å². The van der Waals surface area contributed by atoms with Crippen molar-refractivity contribution in [2.45, 2.75) is 113 Å². The highest BCUT2D eigenvalue weighted by atomic mass is 16.5. The van der Waals surface area contributed by atoms with Crippen molar-refractivity contribution in [3.63, 3.8) is 0 Å². The van der Waals surface area contributed by atoms with Crippen molar-refractivity contribution >= 4 is 24.3 Å². The van der Waals surface area contributed by atoms with Crippen molar-refractivity contribution in [3.05, 3.63) is 72.6 Å². The number of ether oxygens (including phenoxy) is 4. The zero-order valence-corrected chi connectivity index (χ0v) is 41.3. The topological polar surface area (TPSA) is 193 Å². The maximum atomic E-state index is 14.3. The Labute approximate surface area is 418 Å². The van der Waals surface area contributed by atoms with Crippen LogP contribution in [0.15, 0.2) is 60.9 Å². The number of aromatic nitrogens is 4. The zero-order chi connectivity index (χ0) is 50.4. The number of alkyl carbamates (subject to hydrolysis) is 1. The molecule has 16 nitrogen and oxygen atoms in total. The van der Waals surface area contributed by atoms with Gasteiger partial charge in [0.1, 0.15) is 23.7 Å². The predicted octanol–water partition coefficient (Wildman–Crippen LogP) is 7.47. The predicted molar refractivity (Wildman–Crippen MR) is 270 cm³/mol. The van der Waals surface area contributed by atoms with E-state index in [1.165, 1.54) is 20.0 Å². The Kier molecular flexibility index (Phi) is 18.5. The number of benzene rings is 2. The lowest BCUT2D eigenvalue weighted by Gasteiger charge is -2.37. The molecule has 4 saturated heterocycles. The van der Waals surface area contributed by atoms with Crippen LogP contribution >= 0.6 is 0 Å². The maximum absolute atomic E-state index is 14.3. The Balaban J connectivity index is 0.00000101. The summed E-state index contributed by atoms with van der Waals surface area (Å²) in [6, 6.07) is 15.1. The summed E-state index contributed by atoms with van der Waals surface area (Å²) in [7, 11) is 4.58. The van der Waals surface area contributed by atoms with E-state index < -0.39 is 18.2 Å². The third-order valence-electron chi connectivity index (χ3n) is 14.8. The number of hydrogen-bond acceptors (Lipinski definition) is 10. The molecule has 2 aromatic carbocycles. The van der Waals surface area contributed by atoms with Gasteiger partial charge < -0.3 is 49.3 Å². The van der Waals surface area contributed by atoms with Crippen LogP contribution < -0.4 is 10.6 Å². The molecule has 6 fully saturated rings. The number of H-pyrrole nitrogens is 2. The van der Waals surface area contributed by atoms with E-state index in [4.69, 9.17) is 24.2 Å². The lowest BCUT2D eigenvalue weighted by molar-refractivity contribution is -0.139. The van der Waals surface area contributed by atoms with E-state index in [-0.39, 0.29) is 47.9 Å². The molecule has 2 saturated carbocycles. The van der Waals surface area contributed by atoms with Gasteiger partial charge in [0, 0.05) is 40.5 Å². The summed E-state index contributed by atoms with van der Waals surface area (Å²) in [5, 5.41) is 5.78. The second-order valence-electron chi connectivity index (χ2n) is 19.2. The summed E-state index contributed by atoms with van der Waals surface area (Å²) >= 11 is 0. The number of rotatable bonds is 14. The smallest absolute Gasteiger partial charge is 0.407 e. The third-order valence-corrected chi connectivity index (χ3v) is 14.8. The van der Waals surface area contributed by atoms with Crippen LogP contribution in [-0.4, -0.2) is 126 Å². The average molecular weight is 971 g/mol. The van der Waals surface area contributed by atoms with E-state index in [9.17, 15) is 19.2 Å². The molecule has 4 aromatic rings. The summed E-state index contributed by atoms with van der Waals surface area (Å²) in [6.07, 6.45) is 31.1. The SMILES string of the molecule is C#C.C#C.COC.COC(=O)N[C@H](C(=O)N1CCC[C@H]1c1ncc(-c2ccc(-c3ccc(-c4cnc([C@@H]5CCCN5C(=O)[C@@H](NC=O)[C@@H]5CCO[C@@H](C6CC6)C5)[nH]4)cc3)cc2)[nH]1)[C@@H]1CCOC(C2CC2)C1. The van der Waals surface area contributed by atoms with Crippen LogP contribution in [0.2, 0.25) is 0 Å². The molecule has 0 bridgehead atoms. The third kappa shape index (κ3) is 12.5. The molecule has 2 aliphatic carbocycles. The summed E-state index contributed by atoms with van der Waals surface area (Å²) in [5.74, 6) is 2.57. The van der Waals surface area contributed by atoms with E-state index >= 15 is 0 Å². The van der Waals surface area contributed by atoms with Gasteiger partial charge in [-0.15, -0.1) is 25.7 Å². The van der Waals surface area contributed by atoms with Gasteiger partial charge in [0.15, 0.2) is 0 Å². The van der Waals surface area contributed by atoms with Gasteiger partial charge in [-0.3, -0.25) is 14.4 Å². The molecule has 2 aromatic heterocycles. The first-order valence-corrected chi connectivity index (χ1v) is 25.0. The van der Waals surface area contributed by atoms with E-state index in [1.54, 1.807) is 14.2 Å². The van der Waals surface area contributed by atoms with Crippen molar-refractivity contribution in [2.24, 2.45) is 23.7 Å². The number of aromatic amines is 2. The molecule has 6 aliphatic rings. The number of amides is 4. The Morgan fingerprint density at radius 2 is 1.06 bits per heavy atom. The maximum Gasteiger partial charge on any atom is 0.407 e. The molecule has 71 heavy (non-hydrogen) atoms. The van der Waals surface area contributed by atoms with Gasteiger partial charge in [0.25, 0.3) is 0 Å². The van der Waals surface area contributed by atoms with E-state index in [1.807, 2.05) is 22.2 Å². The average Bonchev–Trinajstić information content (AvgIpc) is 4.17. The summed E-state index contributed by atoms with van der Waals surface area (Å²) in [6.45, 7) is 2.45. The molecule has 6 heterocycles. The largest absolute Gasteiger partial charge is 0.453 e. The van der Waals surface area contributed by atoms with Gasteiger partial charge >= 0.3 is 6.09 Å². The van der Waals surface area contributed by atoms with Gasteiger partial charge in [0.2, 0.25) is 18.2 Å². The van der Waals surface area contributed by atoms with Gasteiger partial charge in [-0.1, -0.05) is 48.5 Å². The molecular formula is C55H70N8O8. The quantitative estimate of drug-likeness (QED) is 0.0728. The number of terminal acetylenes is 2. The zero-order valence-electron chi connectivity index (χ0n) is 41.3. The van der Waals surface area contributed by atoms with Crippen molar-refractivity contribution in [1.29, 1.82) is 0 Å². The Morgan fingerprint density at radius 3 is 1.46 bits per heavy atom. The van der Waals surface area contributed by atoms with Crippen molar-refractivity contribution in [2.75, 3.05) is 47.6 Å². The molecule has 10 rings (SSSR count). The van der Waals surface area contributed by atoms with Crippen molar-refractivity contribution in [1.82, 2.24) is 40.4 Å². The fourth-order valence-electron chi connectivity index (χ4n) is 10.9.